The minimum Gasteiger partial charge on any atom is -0.478 e. The number of pyridine rings is 1. The smallest absolute Gasteiger partial charge is 0.328 e. The molecule has 4 nitrogen and oxygen atoms in total. The summed E-state index contributed by atoms with van der Waals surface area (Å²) in [6.07, 6.45) is 4.49. The van der Waals surface area contributed by atoms with Crippen molar-refractivity contribution in [3.63, 3.8) is 0 Å². The van der Waals surface area contributed by atoms with E-state index in [-0.39, 0.29) is 0 Å². The Hall–Kier alpha value is -2.20. The second-order valence-corrected chi connectivity index (χ2v) is 3.86. The molecule has 92 valence electrons. The Balaban J connectivity index is 2.01. The number of fused-ring (bicyclic) bond motifs is 1. The number of nitrogens with one attached hydrogen (secondary N) is 1. The number of rotatable bonds is 5. The molecule has 4 heteroatoms. The Morgan fingerprint density at radius 1 is 1.33 bits per heavy atom. The first-order valence-corrected chi connectivity index (χ1v) is 5.70. The fourth-order valence-electron chi connectivity index (χ4n) is 1.76. The van der Waals surface area contributed by atoms with Gasteiger partial charge in [0.15, 0.2) is 0 Å². The summed E-state index contributed by atoms with van der Waals surface area (Å²) < 4.78 is 0. The van der Waals surface area contributed by atoms with E-state index in [2.05, 4.69) is 10.3 Å². The minimum atomic E-state index is -0.927. The molecule has 18 heavy (non-hydrogen) atoms. The van der Waals surface area contributed by atoms with Crippen molar-refractivity contribution >= 4 is 16.9 Å². The fraction of sp³-hybridized carbons (Fsp3) is 0.143. The topological polar surface area (TPSA) is 62.2 Å². The van der Waals surface area contributed by atoms with Crippen molar-refractivity contribution < 1.29 is 9.90 Å². The van der Waals surface area contributed by atoms with Gasteiger partial charge in [0.05, 0.1) is 5.52 Å². The fourth-order valence-corrected chi connectivity index (χ4v) is 1.76. The van der Waals surface area contributed by atoms with E-state index in [1.807, 2.05) is 30.3 Å². The van der Waals surface area contributed by atoms with E-state index in [1.54, 1.807) is 12.3 Å². The summed E-state index contributed by atoms with van der Waals surface area (Å²) in [6.45, 7) is 1.19. The number of carboxylic acid groups (broad SMARTS) is 1. The summed E-state index contributed by atoms with van der Waals surface area (Å²) in [7, 11) is 0. The number of para-hydroxylation sites is 1. The van der Waals surface area contributed by atoms with Crippen molar-refractivity contribution in [1.29, 1.82) is 0 Å². The summed E-state index contributed by atoms with van der Waals surface area (Å²) in [5.74, 6) is -0.927. The van der Waals surface area contributed by atoms with Gasteiger partial charge in [-0.2, -0.15) is 0 Å². The van der Waals surface area contributed by atoms with Gasteiger partial charge in [-0.3, -0.25) is 4.98 Å². The number of hydrogen-bond donors (Lipinski definition) is 2. The predicted octanol–water partition coefficient (Wildman–Crippen LogP) is 1.97. The summed E-state index contributed by atoms with van der Waals surface area (Å²) >= 11 is 0. The lowest BCUT2D eigenvalue weighted by Crippen LogP contribution is -2.13. The number of hydrogen-bond acceptors (Lipinski definition) is 3. The van der Waals surface area contributed by atoms with Crippen molar-refractivity contribution in [2.24, 2.45) is 0 Å². The van der Waals surface area contributed by atoms with Crippen molar-refractivity contribution in [2.45, 2.75) is 6.54 Å². The van der Waals surface area contributed by atoms with Crippen LogP contribution >= 0.6 is 0 Å². The minimum absolute atomic E-state index is 0.523. The third-order valence-electron chi connectivity index (χ3n) is 2.55. The Morgan fingerprint density at radius 3 is 3.00 bits per heavy atom. The summed E-state index contributed by atoms with van der Waals surface area (Å²) in [4.78, 5) is 14.6. The molecular weight excluding hydrogens is 228 g/mol. The van der Waals surface area contributed by atoms with Crippen LogP contribution in [-0.2, 0) is 11.3 Å². The maximum Gasteiger partial charge on any atom is 0.328 e. The second kappa shape index (κ2) is 5.93. The number of carbonyl (C=O) groups is 1. The lowest BCUT2D eigenvalue weighted by molar-refractivity contribution is -0.131. The molecule has 2 N–H and O–H groups in total. The zero-order valence-corrected chi connectivity index (χ0v) is 9.84. The van der Waals surface area contributed by atoms with E-state index in [9.17, 15) is 4.79 Å². The summed E-state index contributed by atoms with van der Waals surface area (Å²) in [6, 6.07) is 9.97. The van der Waals surface area contributed by atoms with E-state index in [0.717, 1.165) is 22.5 Å². The quantitative estimate of drug-likeness (QED) is 0.621. The molecule has 0 atom stereocenters. The van der Waals surface area contributed by atoms with E-state index < -0.39 is 5.97 Å². The molecule has 1 heterocycles. The molecule has 0 spiro atoms. The Morgan fingerprint density at radius 2 is 2.17 bits per heavy atom. The Labute approximate surface area is 105 Å². The summed E-state index contributed by atoms with van der Waals surface area (Å²) in [5.41, 5.74) is 2.09. The van der Waals surface area contributed by atoms with Gasteiger partial charge in [0.25, 0.3) is 0 Å². The lowest BCUT2D eigenvalue weighted by Gasteiger charge is -2.05. The molecule has 0 unspecified atom stereocenters. The highest BCUT2D eigenvalue weighted by atomic mass is 16.4. The molecule has 0 aliphatic carbocycles. The number of aromatic nitrogens is 1. The molecular formula is C14H14N2O2. The van der Waals surface area contributed by atoms with E-state index in [4.69, 9.17) is 5.11 Å². The molecule has 0 radical (unpaired) electrons. The lowest BCUT2D eigenvalue weighted by atomic mass is 10.1. The highest BCUT2D eigenvalue weighted by Gasteiger charge is 2.00. The van der Waals surface area contributed by atoms with Crippen LogP contribution < -0.4 is 5.32 Å². The van der Waals surface area contributed by atoms with Crippen LogP contribution in [0.15, 0.2) is 48.7 Å². The van der Waals surface area contributed by atoms with Crippen LogP contribution in [0.2, 0.25) is 0 Å². The average Bonchev–Trinajstić information content (AvgIpc) is 2.38. The first kappa shape index (κ1) is 12.3. The third-order valence-corrected chi connectivity index (χ3v) is 2.55. The Kier molecular flexibility index (Phi) is 4.04. The van der Waals surface area contributed by atoms with Crippen LogP contribution in [0.3, 0.4) is 0 Å². The number of carboxylic acids is 1. The van der Waals surface area contributed by atoms with Crippen molar-refractivity contribution in [3.8, 4) is 0 Å². The standard InChI is InChI=1S/C14H14N2O2/c17-13(18)7-3-8-15-10-12-5-1-4-11-6-2-9-16-14(11)12/h1-7,9,15H,8,10H2,(H,17,18)/b7-3+. The zero-order valence-electron chi connectivity index (χ0n) is 9.84. The van der Waals surface area contributed by atoms with E-state index >= 15 is 0 Å². The van der Waals surface area contributed by atoms with Gasteiger partial charge in [-0.25, -0.2) is 4.79 Å². The molecule has 0 aliphatic heterocycles. The zero-order chi connectivity index (χ0) is 12.8. The first-order chi connectivity index (χ1) is 8.77. The van der Waals surface area contributed by atoms with Gasteiger partial charge < -0.3 is 10.4 Å². The highest BCUT2D eigenvalue weighted by molar-refractivity contribution is 5.81. The molecule has 2 aromatic rings. The predicted molar refractivity (Wildman–Crippen MR) is 70.2 cm³/mol. The van der Waals surface area contributed by atoms with Gasteiger partial charge in [-0.05, 0) is 11.6 Å². The molecule has 1 aromatic heterocycles. The molecule has 2 rings (SSSR count). The first-order valence-electron chi connectivity index (χ1n) is 5.70. The van der Waals surface area contributed by atoms with Gasteiger partial charge in [0.2, 0.25) is 0 Å². The molecule has 0 bridgehead atoms. The van der Waals surface area contributed by atoms with Crippen LogP contribution in [0.5, 0.6) is 0 Å². The van der Waals surface area contributed by atoms with Gasteiger partial charge in [0, 0.05) is 30.7 Å². The maximum absolute atomic E-state index is 10.3. The van der Waals surface area contributed by atoms with Gasteiger partial charge in [-0.1, -0.05) is 30.3 Å². The van der Waals surface area contributed by atoms with Crippen LogP contribution in [0.25, 0.3) is 10.9 Å². The van der Waals surface area contributed by atoms with Crippen LogP contribution in [-0.4, -0.2) is 22.6 Å². The van der Waals surface area contributed by atoms with Crippen molar-refractivity contribution in [3.05, 3.63) is 54.2 Å². The highest BCUT2D eigenvalue weighted by Crippen LogP contribution is 2.15. The van der Waals surface area contributed by atoms with Crippen LogP contribution in [0.1, 0.15) is 5.56 Å². The second-order valence-electron chi connectivity index (χ2n) is 3.86. The molecule has 0 aliphatic rings. The van der Waals surface area contributed by atoms with Gasteiger partial charge in [-0.15, -0.1) is 0 Å². The molecule has 0 saturated carbocycles. The van der Waals surface area contributed by atoms with Crippen LogP contribution in [0.4, 0.5) is 0 Å². The van der Waals surface area contributed by atoms with Crippen molar-refractivity contribution in [1.82, 2.24) is 10.3 Å². The molecule has 0 amide bonds. The van der Waals surface area contributed by atoms with E-state index in [0.29, 0.717) is 13.1 Å². The van der Waals surface area contributed by atoms with Gasteiger partial charge >= 0.3 is 5.97 Å². The number of nitrogens with zero attached hydrogens (tertiary/aromatic N) is 1. The molecule has 0 saturated heterocycles. The largest absolute Gasteiger partial charge is 0.478 e. The molecule has 0 fully saturated rings. The van der Waals surface area contributed by atoms with Crippen LogP contribution in [0, 0.1) is 0 Å². The third kappa shape index (κ3) is 3.15. The van der Waals surface area contributed by atoms with Crippen molar-refractivity contribution in [2.75, 3.05) is 6.54 Å². The maximum atomic E-state index is 10.3. The number of benzene rings is 1. The molecule has 1 aromatic carbocycles. The normalized spacial score (nSPS) is 11.1. The van der Waals surface area contributed by atoms with Gasteiger partial charge in [0.1, 0.15) is 0 Å². The number of aliphatic carboxylic acids is 1. The summed E-state index contributed by atoms with van der Waals surface area (Å²) in [5, 5.41) is 12.7. The average molecular weight is 242 g/mol. The Bertz CT molecular complexity index is 574. The SMILES string of the molecule is O=C(O)/C=C/CNCc1cccc2cccnc12. The monoisotopic (exact) mass is 242 g/mol. The van der Waals surface area contributed by atoms with E-state index in [1.165, 1.54) is 0 Å².